The molecule has 0 spiro atoms. The Labute approximate surface area is 123 Å². The summed E-state index contributed by atoms with van der Waals surface area (Å²) in [5, 5.41) is 7.15. The number of nitrogens with zero attached hydrogens (tertiary/aromatic N) is 4. The first-order valence-electron chi connectivity index (χ1n) is 6.84. The van der Waals surface area contributed by atoms with Crippen LogP contribution in [-0.4, -0.2) is 38.8 Å². The molecule has 2 rings (SSSR count). The van der Waals surface area contributed by atoms with Crippen molar-refractivity contribution in [2.75, 3.05) is 13.2 Å². The van der Waals surface area contributed by atoms with Gasteiger partial charge in [-0.3, -0.25) is 9.48 Å². The van der Waals surface area contributed by atoms with E-state index < -0.39 is 0 Å². The minimum atomic E-state index is -0.250. The van der Waals surface area contributed by atoms with Crippen LogP contribution in [0.2, 0.25) is 0 Å². The molecule has 1 N–H and O–H groups in total. The number of nitrogens with one attached hydrogen (secondary N) is 1. The van der Waals surface area contributed by atoms with E-state index in [1.807, 2.05) is 31.5 Å². The molecule has 0 fully saturated rings. The van der Waals surface area contributed by atoms with Crippen molar-refractivity contribution in [3.05, 3.63) is 35.5 Å². The van der Waals surface area contributed by atoms with Gasteiger partial charge in [-0.25, -0.2) is 9.97 Å². The molecule has 0 aromatic carbocycles. The molecule has 0 atom stereocenters. The highest BCUT2D eigenvalue weighted by Crippen LogP contribution is 2.06. The molecule has 112 valence electrons. The molecule has 0 radical (unpaired) electrons. The third-order valence-electron chi connectivity index (χ3n) is 2.88. The topological polar surface area (TPSA) is 81.9 Å². The Balaban J connectivity index is 1.89. The summed E-state index contributed by atoms with van der Waals surface area (Å²) in [6.45, 7) is 7.38. The van der Waals surface area contributed by atoms with Crippen molar-refractivity contribution in [1.82, 2.24) is 25.1 Å². The zero-order valence-electron chi connectivity index (χ0n) is 12.5. The van der Waals surface area contributed by atoms with Gasteiger partial charge in [0.1, 0.15) is 12.0 Å². The molecule has 0 aliphatic carbocycles. The molecule has 0 saturated carbocycles. The summed E-state index contributed by atoms with van der Waals surface area (Å²) in [5.74, 6) is 0.149. The SMILES string of the molecule is CCOc1cc(C(=O)NCCn2nc(C)cc2C)ncn1. The van der Waals surface area contributed by atoms with Crippen molar-refractivity contribution in [3.8, 4) is 5.88 Å². The Morgan fingerprint density at radius 1 is 1.33 bits per heavy atom. The van der Waals surface area contributed by atoms with Crippen molar-refractivity contribution in [2.24, 2.45) is 0 Å². The first kappa shape index (κ1) is 15.0. The highest BCUT2D eigenvalue weighted by molar-refractivity contribution is 5.92. The van der Waals surface area contributed by atoms with Crippen molar-refractivity contribution < 1.29 is 9.53 Å². The van der Waals surface area contributed by atoms with Crippen LogP contribution in [0.25, 0.3) is 0 Å². The lowest BCUT2D eigenvalue weighted by Gasteiger charge is -2.07. The van der Waals surface area contributed by atoms with Crippen molar-refractivity contribution in [2.45, 2.75) is 27.3 Å². The van der Waals surface area contributed by atoms with Crippen LogP contribution in [0.15, 0.2) is 18.5 Å². The van der Waals surface area contributed by atoms with E-state index in [-0.39, 0.29) is 5.91 Å². The van der Waals surface area contributed by atoms with Crippen LogP contribution in [0.5, 0.6) is 5.88 Å². The van der Waals surface area contributed by atoms with Gasteiger partial charge in [0, 0.05) is 18.3 Å². The molecule has 2 aromatic rings. The van der Waals surface area contributed by atoms with Crippen LogP contribution in [0, 0.1) is 13.8 Å². The molecule has 0 saturated heterocycles. The number of hydrogen-bond donors (Lipinski definition) is 1. The number of rotatable bonds is 6. The van der Waals surface area contributed by atoms with Crippen LogP contribution in [0.4, 0.5) is 0 Å². The number of amides is 1. The van der Waals surface area contributed by atoms with Crippen molar-refractivity contribution in [1.29, 1.82) is 0 Å². The number of hydrogen-bond acceptors (Lipinski definition) is 5. The van der Waals surface area contributed by atoms with E-state index in [9.17, 15) is 4.79 Å². The van der Waals surface area contributed by atoms with Gasteiger partial charge in [0.25, 0.3) is 5.91 Å². The van der Waals surface area contributed by atoms with Crippen LogP contribution >= 0.6 is 0 Å². The molecule has 0 bridgehead atoms. The van der Waals surface area contributed by atoms with E-state index in [1.165, 1.54) is 12.4 Å². The van der Waals surface area contributed by atoms with E-state index >= 15 is 0 Å². The van der Waals surface area contributed by atoms with E-state index in [4.69, 9.17) is 4.74 Å². The van der Waals surface area contributed by atoms with Gasteiger partial charge in [-0.15, -0.1) is 0 Å². The molecular weight excluding hydrogens is 270 g/mol. The minimum absolute atomic E-state index is 0.250. The van der Waals surface area contributed by atoms with Gasteiger partial charge in [-0.1, -0.05) is 0 Å². The summed E-state index contributed by atoms with van der Waals surface area (Å²) in [5.41, 5.74) is 2.33. The van der Waals surface area contributed by atoms with E-state index in [2.05, 4.69) is 20.4 Å². The molecular formula is C14H19N5O2. The van der Waals surface area contributed by atoms with E-state index in [0.717, 1.165) is 11.4 Å². The normalized spacial score (nSPS) is 10.4. The Kier molecular flexibility index (Phi) is 4.86. The zero-order valence-corrected chi connectivity index (χ0v) is 12.5. The van der Waals surface area contributed by atoms with Gasteiger partial charge in [0.05, 0.1) is 18.8 Å². The lowest BCUT2D eigenvalue weighted by molar-refractivity contribution is 0.0946. The largest absolute Gasteiger partial charge is 0.478 e. The van der Waals surface area contributed by atoms with Crippen molar-refractivity contribution >= 4 is 5.91 Å². The summed E-state index contributed by atoms with van der Waals surface area (Å²) < 4.78 is 7.11. The molecule has 7 heteroatoms. The number of aryl methyl sites for hydroxylation is 2. The van der Waals surface area contributed by atoms with Crippen LogP contribution < -0.4 is 10.1 Å². The molecule has 0 aliphatic heterocycles. The second kappa shape index (κ2) is 6.83. The maximum absolute atomic E-state index is 12.0. The Bertz CT molecular complexity index is 624. The summed E-state index contributed by atoms with van der Waals surface area (Å²) in [4.78, 5) is 19.9. The summed E-state index contributed by atoms with van der Waals surface area (Å²) in [7, 11) is 0. The third-order valence-corrected chi connectivity index (χ3v) is 2.88. The molecule has 21 heavy (non-hydrogen) atoms. The zero-order chi connectivity index (χ0) is 15.2. The Hall–Kier alpha value is -2.44. The maximum atomic E-state index is 12.0. The van der Waals surface area contributed by atoms with E-state index in [1.54, 1.807) is 0 Å². The first-order chi connectivity index (χ1) is 10.1. The number of aromatic nitrogens is 4. The fourth-order valence-corrected chi connectivity index (χ4v) is 1.96. The van der Waals surface area contributed by atoms with Gasteiger partial charge in [0.15, 0.2) is 0 Å². The van der Waals surface area contributed by atoms with Gasteiger partial charge in [-0.05, 0) is 26.8 Å². The fraction of sp³-hybridized carbons (Fsp3) is 0.429. The average molecular weight is 289 g/mol. The van der Waals surface area contributed by atoms with E-state index in [0.29, 0.717) is 31.3 Å². The van der Waals surface area contributed by atoms with Gasteiger partial charge >= 0.3 is 0 Å². The average Bonchev–Trinajstić information content (AvgIpc) is 2.77. The number of carbonyl (C=O) groups excluding carboxylic acids is 1. The first-order valence-corrected chi connectivity index (χ1v) is 6.84. The molecule has 2 aromatic heterocycles. The summed E-state index contributed by atoms with van der Waals surface area (Å²) >= 11 is 0. The van der Waals surface area contributed by atoms with Gasteiger partial charge < -0.3 is 10.1 Å². The molecule has 7 nitrogen and oxygen atoms in total. The molecule has 2 heterocycles. The van der Waals surface area contributed by atoms with Crippen molar-refractivity contribution in [3.63, 3.8) is 0 Å². The smallest absolute Gasteiger partial charge is 0.270 e. The van der Waals surface area contributed by atoms with Crippen LogP contribution in [0.3, 0.4) is 0 Å². The lowest BCUT2D eigenvalue weighted by Crippen LogP contribution is -2.28. The standard InChI is InChI=1S/C14H19N5O2/c1-4-21-13-8-12(16-9-17-13)14(20)15-5-6-19-11(3)7-10(2)18-19/h7-9H,4-6H2,1-3H3,(H,15,20). The highest BCUT2D eigenvalue weighted by atomic mass is 16.5. The minimum Gasteiger partial charge on any atom is -0.478 e. The quantitative estimate of drug-likeness (QED) is 0.861. The summed E-state index contributed by atoms with van der Waals surface area (Å²) in [6.07, 6.45) is 1.32. The van der Waals surface area contributed by atoms with Crippen LogP contribution in [-0.2, 0) is 6.54 Å². The molecule has 1 amide bonds. The highest BCUT2D eigenvalue weighted by Gasteiger charge is 2.09. The monoisotopic (exact) mass is 289 g/mol. The molecule has 0 unspecified atom stereocenters. The summed E-state index contributed by atoms with van der Waals surface area (Å²) in [6, 6.07) is 3.53. The second-order valence-corrected chi connectivity index (χ2v) is 4.58. The maximum Gasteiger partial charge on any atom is 0.270 e. The lowest BCUT2D eigenvalue weighted by atomic mass is 10.3. The number of carbonyl (C=O) groups is 1. The van der Waals surface area contributed by atoms with Gasteiger partial charge in [-0.2, -0.15) is 5.10 Å². The Morgan fingerprint density at radius 3 is 2.81 bits per heavy atom. The Morgan fingerprint density at radius 2 is 2.14 bits per heavy atom. The number of ether oxygens (including phenoxy) is 1. The van der Waals surface area contributed by atoms with Gasteiger partial charge in [0.2, 0.25) is 5.88 Å². The third kappa shape index (κ3) is 4.01. The molecule has 0 aliphatic rings. The predicted molar refractivity (Wildman–Crippen MR) is 77.2 cm³/mol. The fourth-order valence-electron chi connectivity index (χ4n) is 1.96. The second-order valence-electron chi connectivity index (χ2n) is 4.58. The van der Waals surface area contributed by atoms with Crippen LogP contribution in [0.1, 0.15) is 28.8 Å². The predicted octanol–water partition coefficient (Wildman–Crippen LogP) is 1.12.